The van der Waals surface area contributed by atoms with Crippen molar-refractivity contribution >= 4 is 35.4 Å². The number of halogens is 4. The first kappa shape index (κ1) is 62.7. The number of aliphatic imine (C=N–C) groups is 1. The normalized spacial score (nSPS) is 12.4. The van der Waals surface area contributed by atoms with Crippen molar-refractivity contribution in [3.8, 4) is 5.75 Å². The average Bonchev–Trinajstić information content (AvgIpc) is 3.65. The zero-order valence-corrected chi connectivity index (χ0v) is 42.5. The van der Waals surface area contributed by atoms with Crippen LogP contribution in [0, 0.1) is 23.3 Å². The summed E-state index contributed by atoms with van der Waals surface area (Å²) in [5.74, 6) is -9.19. The van der Waals surface area contributed by atoms with E-state index in [9.17, 15) is 31.9 Å². The van der Waals surface area contributed by atoms with Gasteiger partial charge in [0.15, 0.2) is 11.6 Å². The van der Waals surface area contributed by atoms with Crippen LogP contribution in [0.4, 0.5) is 23.2 Å². The number of hydrogen-bond donors (Lipinski definition) is 2. The minimum absolute atomic E-state index is 0.00584. The number of rotatable bonds is 45. The lowest BCUT2D eigenvalue weighted by atomic mass is 10.1. The molecule has 2 amide bonds. The molecule has 0 radical (unpaired) electrons. The third kappa shape index (κ3) is 27.5. The van der Waals surface area contributed by atoms with Crippen molar-refractivity contribution in [2.24, 2.45) is 10.7 Å². The molecule has 2 heterocycles. The second-order valence-corrected chi connectivity index (χ2v) is 16.2. The number of aromatic nitrogens is 2. The highest BCUT2D eigenvalue weighted by molar-refractivity contribution is 6.05. The number of amides is 2. The molecule has 73 heavy (non-hydrogen) atoms. The highest BCUT2D eigenvalue weighted by Crippen LogP contribution is 2.28. The molecule has 1 aromatic carbocycles. The van der Waals surface area contributed by atoms with Crippen molar-refractivity contribution in [1.29, 1.82) is 0 Å². The molecule has 20 nitrogen and oxygen atoms in total. The van der Waals surface area contributed by atoms with E-state index in [2.05, 4.69) is 34.0 Å². The van der Waals surface area contributed by atoms with Gasteiger partial charge in [-0.2, -0.15) is 13.9 Å². The number of nitrogens with one attached hydrogen (secondary N) is 1. The number of carbonyl (C=O) groups excluding carboxylic acids is 3. The highest BCUT2D eigenvalue weighted by atomic mass is 19.2. The van der Waals surface area contributed by atoms with Crippen molar-refractivity contribution in [2.75, 3.05) is 152 Å². The van der Waals surface area contributed by atoms with Crippen molar-refractivity contribution in [2.45, 2.75) is 71.8 Å². The van der Waals surface area contributed by atoms with Gasteiger partial charge in [-0.1, -0.05) is 13.8 Å². The molecule has 24 heteroatoms. The van der Waals surface area contributed by atoms with Gasteiger partial charge in [-0.15, -0.1) is 0 Å². The first-order chi connectivity index (χ1) is 35.5. The molecule has 414 valence electrons. The van der Waals surface area contributed by atoms with Gasteiger partial charge in [-0.25, -0.2) is 13.8 Å². The summed E-state index contributed by atoms with van der Waals surface area (Å²) in [6.07, 6.45) is 8.10. The third-order valence-corrected chi connectivity index (χ3v) is 10.3. The molecular weight excluding hydrogens is 973 g/mol. The molecular formula is C49H76F4N6O14. The van der Waals surface area contributed by atoms with E-state index in [1.807, 2.05) is 15.7 Å². The molecule has 3 rings (SSSR count). The number of benzene rings is 1. The van der Waals surface area contributed by atoms with Gasteiger partial charge in [0.25, 0.3) is 0 Å². The van der Waals surface area contributed by atoms with E-state index in [0.717, 1.165) is 37.8 Å². The maximum atomic E-state index is 13.6. The fourth-order valence-corrected chi connectivity index (χ4v) is 6.69. The molecule has 0 spiro atoms. The Kier molecular flexibility index (Phi) is 34.1. The monoisotopic (exact) mass is 1050 g/mol. The van der Waals surface area contributed by atoms with Gasteiger partial charge in [0.05, 0.1) is 150 Å². The molecule has 0 bridgehead atoms. The van der Waals surface area contributed by atoms with Crippen molar-refractivity contribution < 1.29 is 84.1 Å². The SMILES string of the molecule is CCCN(CCC)C(=O)C1=Cc2c(cnn2CCCCCNC(=O)CCOCCOCCOCCOCCOCCOCCOCCOCCOCCOCCC(=O)Oc2c(F)c(F)cc(F)c2F)N=C(N)C1. The molecule has 0 aliphatic carbocycles. The van der Waals surface area contributed by atoms with Crippen LogP contribution in [0.15, 0.2) is 22.8 Å². The quantitative estimate of drug-likeness (QED) is 0.0302. The number of ether oxygens (including phenoxy) is 11. The Bertz CT molecular complexity index is 1900. The zero-order valence-electron chi connectivity index (χ0n) is 42.5. The van der Waals surface area contributed by atoms with E-state index in [1.54, 1.807) is 6.20 Å². The summed E-state index contributed by atoms with van der Waals surface area (Å²) in [5, 5.41) is 7.45. The van der Waals surface area contributed by atoms with Gasteiger partial charge in [0.2, 0.25) is 29.2 Å². The Hall–Kier alpha value is -4.63. The first-order valence-corrected chi connectivity index (χ1v) is 25.0. The summed E-state index contributed by atoms with van der Waals surface area (Å²) in [6, 6.07) is 0.0155. The van der Waals surface area contributed by atoms with Crippen LogP contribution in [0.25, 0.3) is 6.08 Å². The van der Waals surface area contributed by atoms with Crippen LogP contribution >= 0.6 is 0 Å². The molecule has 0 fully saturated rings. The summed E-state index contributed by atoms with van der Waals surface area (Å²) in [7, 11) is 0. The number of fused-ring (bicyclic) bond motifs is 1. The molecule has 1 aromatic heterocycles. The van der Waals surface area contributed by atoms with Gasteiger partial charge in [-0.05, 0) is 38.2 Å². The third-order valence-electron chi connectivity index (χ3n) is 10.3. The Morgan fingerprint density at radius 2 is 1.07 bits per heavy atom. The summed E-state index contributed by atoms with van der Waals surface area (Å²) < 4.78 is 114. The molecule has 1 aliphatic heterocycles. The largest absolute Gasteiger partial charge is 0.420 e. The molecule has 0 atom stereocenters. The fraction of sp³-hybridized carbons (Fsp3) is 0.694. The standard InChI is InChI=1S/C49H76F4N6O14/c1-3-11-58(12-4-2)49(62)38-34-42-41(57-43(54)35-38)37-56-59(42)13-7-5-6-10-55-44(60)8-14-63-16-18-65-20-22-67-24-26-69-28-30-71-32-33-72-31-29-70-27-25-68-23-21-66-19-17-64-15-9-45(61)73-48-46(52)39(50)36-40(51)47(48)53/h34,36-37H,3-33,35H2,1-2H3,(H2,54,57)(H,55,60). The smallest absolute Gasteiger partial charge is 0.313 e. The van der Waals surface area contributed by atoms with E-state index in [0.29, 0.717) is 155 Å². The zero-order chi connectivity index (χ0) is 52.7. The number of carbonyl (C=O) groups is 3. The first-order valence-electron chi connectivity index (χ1n) is 25.0. The maximum Gasteiger partial charge on any atom is 0.313 e. The van der Waals surface area contributed by atoms with Gasteiger partial charge in [0.1, 0.15) is 11.5 Å². The van der Waals surface area contributed by atoms with E-state index in [1.165, 1.54) is 0 Å². The molecule has 0 unspecified atom stereocenters. The second-order valence-electron chi connectivity index (χ2n) is 16.2. The fourth-order valence-electron chi connectivity index (χ4n) is 6.69. The van der Waals surface area contributed by atoms with E-state index < -0.39 is 41.4 Å². The Labute approximate surface area is 425 Å². The lowest BCUT2D eigenvalue weighted by Crippen LogP contribution is -2.34. The van der Waals surface area contributed by atoms with Gasteiger partial charge in [-0.3, -0.25) is 19.1 Å². The van der Waals surface area contributed by atoms with E-state index >= 15 is 0 Å². The number of unbranched alkanes of at least 4 members (excludes halogenated alkanes) is 2. The summed E-state index contributed by atoms with van der Waals surface area (Å²) in [4.78, 5) is 43.7. The van der Waals surface area contributed by atoms with Crippen LogP contribution in [0.2, 0.25) is 0 Å². The number of nitrogens with zero attached hydrogens (tertiary/aromatic N) is 4. The summed E-state index contributed by atoms with van der Waals surface area (Å²) in [6.45, 7) is 13.5. The predicted octanol–water partition coefficient (Wildman–Crippen LogP) is 4.70. The summed E-state index contributed by atoms with van der Waals surface area (Å²) >= 11 is 0. The van der Waals surface area contributed by atoms with Gasteiger partial charge >= 0.3 is 5.97 Å². The predicted molar refractivity (Wildman–Crippen MR) is 259 cm³/mol. The van der Waals surface area contributed by atoms with Crippen molar-refractivity contribution in [3.63, 3.8) is 0 Å². The Morgan fingerprint density at radius 3 is 1.52 bits per heavy atom. The van der Waals surface area contributed by atoms with Crippen LogP contribution in [-0.2, 0) is 68.3 Å². The molecule has 3 N–H and O–H groups in total. The topological polar surface area (TPSA) is 224 Å². The van der Waals surface area contributed by atoms with Crippen LogP contribution in [-0.4, -0.2) is 190 Å². The van der Waals surface area contributed by atoms with Crippen LogP contribution in [0.1, 0.15) is 70.9 Å². The van der Waals surface area contributed by atoms with Crippen molar-refractivity contribution in [1.82, 2.24) is 20.0 Å². The van der Waals surface area contributed by atoms with Gasteiger partial charge < -0.3 is 68.1 Å². The highest BCUT2D eigenvalue weighted by Gasteiger charge is 2.24. The lowest BCUT2D eigenvalue weighted by Gasteiger charge is -2.22. The molecule has 1 aliphatic rings. The minimum Gasteiger partial charge on any atom is -0.420 e. The van der Waals surface area contributed by atoms with Crippen molar-refractivity contribution in [3.05, 3.63) is 46.8 Å². The average molecular weight is 1050 g/mol. The molecule has 2 aromatic rings. The lowest BCUT2D eigenvalue weighted by molar-refractivity contribution is -0.136. The molecule has 0 saturated carbocycles. The number of nitrogens with two attached hydrogens (primary N) is 1. The Balaban J connectivity index is 0.986. The minimum atomic E-state index is -1.80. The number of aryl methyl sites for hydroxylation is 1. The van der Waals surface area contributed by atoms with Crippen LogP contribution in [0.3, 0.4) is 0 Å². The molecule has 0 saturated heterocycles. The van der Waals surface area contributed by atoms with Crippen LogP contribution in [0.5, 0.6) is 5.75 Å². The maximum absolute atomic E-state index is 13.6. The number of amidine groups is 1. The van der Waals surface area contributed by atoms with E-state index in [-0.39, 0.29) is 50.7 Å². The Morgan fingerprint density at radius 1 is 0.630 bits per heavy atom. The van der Waals surface area contributed by atoms with Gasteiger partial charge in [0, 0.05) is 50.7 Å². The van der Waals surface area contributed by atoms with Crippen LogP contribution < -0.4 is 15.8 Å². The second kappa shape index (κ2) is 39.8. The number of hydrogen-bond acceptors (Lipinski definition) is 17. The number of esters is 1. The van der Waals surface area contributed by atoms with E-state index in [4.69, 9.17) is 53.1 Å². The summed E-state index contributed by atoms with van der Waals surface area (Å²) in [5.41, 5.74) is 8.26.